The predicted octanol–water partition coefficient (Wildman–Crippen LogP) is 2.48. The molecule has 0 saturated carbocycles. The van der Waals surface area contributed by atoms with Gasteiger partial charge in [-0.05, 0) is 49.9 Å². The van der Waals surface area contributed by atoms with Crippen LogP contribution in [0.2, 0.25) is 0 Å². The molecule has 2 atom stereocenters. The van der Waals surface area contributed by atoms with Crippen LogP contribution in [0.15, 0.2) is 24.3 Å². The number of amides is 2. The van der Waals surface area contributed by atoms with Gasteiger partial charge in [-0.25, -0.2) is 0 Å². The third-order valence-corrected chi connectivity index (χ3v) is 4.41. The molecule has 2 rings (SSSR count). The summed E-state index contributed by atoms with van der Waals surface area (Å²) in [5.74, 6) is 0.314. The van der Waals surface area contributed by atoms with Gasteiger partial charge >= 0.3 is 0 Å². The van der Waals surface area contributed by atoms with Crippen LogP contribution < -0.4 is 11.1 Å². The number of benzene rings is 1. The molecule has 0 aromatic heterocycles. The molecule has 2 amide bonds. The number of anilines is 1. The fraction of sp³-hybridized carbons (Fsp3) is 0.556. The molecule has 1 heterocycles. The molecule has 0 bridgehead atoms. The van der Waals surface area contributed by atoms with Crippen molar-refractivity contribution >= 4 is 17.5 Å². The molecule has 0 aliphatic carbocycles. The number of hydrogen-bond acceptors (Lipinski definition) is 3. The fourth-order valence-corrected chi connectivity index (χ4v) is 2.79. The highest BCUT2D eigenvalue weighted by Gasteiger charge is 2.26. The third-order valence-electron chi connectivity index (χ3n) is 4.41. The lowest BCUT2D eigenvalue weighted by Gasteiger charge is -2.34. The zero-order chi connectivity index (χ0) is 17.0. The minimum Gasteiger partial charge on any atom is -0.338 e. The van der Waals surface area contributed by atoms with E-state index in [1.165, 1.54) is 0 Å². The molecule has 0 spiro atoms. The van der Waals surface area contributed by atoms with Gasteiger partial charge < -0.3 is 16.0 Å². The quantitative estimate of drug-likeness (QED) is 0.896. The van der Waals surface area contributed by atoms with Crippen molar-refractivity contribution in [1.29, 1.82) is 0 Å². The van der Waals surface area contributed by atoms with Crippen LogP contribution in [0.4, 0.5) is 5.69 Å². The standard InChI is InChI=1S/C18H27N3O2/c1-12(2)17(22)20-16-8-6-14(7-9-16)18(23)21-10-4-5-15(11-21)13(3)19/h6-9,12-13,15H,4-5,10-11,19H2,1-3H3,(H,20,22). The third kappa shape index (κ3) is 4.55. The van der Waals surface area contributed by atoms with Crippen molar-refractivity contribution in [1.82, 2.24) is 4.90 Å². The van der Waals surface area contributed by atoms with Gasteiger partial charge in [0.25, 0.3) is 5.91 Å². The summed E-state index contributed by atoms with van der Waals surface area (Å²) in [7, 11) is 0. The molecule has 1 aliphatic rings. The zero-order valence-corrected chi connectivity index (χ0v) is 14.2. The lowest BCUT2D eigenvalue weighted by molar-refractivity contribution is -0.118. The van der Waals surface area contributed by atoms with E-state index < -0.39 is 0 Å². The highest BCUT2D eigenvalue weighted by molar-refractivity contribution is 5.96. The first kappa shape index (κ1) is 17.5. The highest BCUT2D eigenvalue weighted by Crippen LogP contribution is 2.21. The molecule has 3 N–H and O–H groups in total. The van der Waals surface area contributed by atoms with E-state index in [0.717, 1.165) is 25.9 Å². The van der Waals surface area contributed by atoms with Gasteiger partial charge in [-0.15, -0.1) is 0 Å². The Hall–Kier alpha value is -1.88. The Labute approximate surface area is 138 Å². The van der Waals surface area contributed by atoms with Gasteiger partial charge in [0.2, 0.25) is 5.91 Å². The van der Waals surface area contributed by atoms with Crippen LogP contribution in [0.5, 0.6) is 0 Å². The summed E-state index contributed by atoms with van der Waals surface area (Å²) in [4.78, 5) is 26.2. The van der Waals surface area contributed by atoms with Crippen LogP contribution in [0.3, 0.4) is 0 Å². The van der Waals surface area contributed by atoms with E-state index in [2.05, 4.69) is 5.32 Å². The largest absolute Gasteiger partial charge is 0.338 e. The summed E-state index contributed by atoms with van der Waals surface area (Å²) in [6.07, 6.45) is 2.09. The predicted molar refractivity (Wildman–Crippen MR) is 92.2 cm³/mol. The summed E-state index contributed by atoms with van der Waals surface area (Å²) >= 11 is 0. The second-order valence-electron chi connectivity index (χ2n) is 6.73. The molecular weight excluding hydrogens is 290 g/mol. The van der Waals surface area contributed by atoms with E-state index in [9.17, 15) is 9.59 Å². The molecule has 1 fully saturated rings. The summed E-state index contributed by atoms with van der Waals surface area (Å²) in [5.41, 5.74) is 7.35. The van der Waals surface area contributed by atoms with E-state index in [4.69, 9.17) is 5.73 Å². The molecule has 126 valence electrons. The molecule has 2 unspecified atom stereocenters. The number of nitrogens with zero attached hydrogens (tertiary/aromatic N) is 1. The van der Waals surface area contributed by atoms with Gasteiger partial charge in [0.05, 0.1) is 0 Å². The topological polar surface area (TPSA) is 75.4 Å². The summed E-state index contributed by atoms with van der Waals surface area (Å²) in [6, 6.07) is 7.21. The maximum absolute atomic E-state index is 12.6. The Morgan fingerprint density at radius 3 is 2.43 bits per heavy atom. The highest BCUT2D eigenvalue weighted by atomic mass is 16.2. The van der Waals surface area contributed by atoms with Gasteiger partial charge in [-0.1, -0.05) is 13.8 Å². The van der Waals surface area contributed by atoms with Gasteiger partial charge in [-0.2, -0.15) is 0 Å². The fourth-order valence-electron chi connectivity index (χ4n) is 2.79. The number of piperidine rings is 1. The SMILES string of the molecule is CC(C)C(=O)Nc1ccc(C(=O)N2CCCC(C(C)N)C2)cc1. The number of nitrogens with one attached hydrogen (secondary N) is 1. The van der Waals surface area contributed by atoms with E-state index in [1.807, 2.05) is 25.7 Å². The Morgan fingerprint density at radius 2 is 1.87 bits per heavy atom. The lowest BCUT2D eigenvalue weighted by Crippen LogP contribution is -2.45. The second kappa shape index (κ2) is 7.59. The maximum Gasteiger partial charge on any atom is 0.253 e. The molecule has 1 saturated heterocycles. The van der Waals surface area contributed by atoms with Gasteiger partial charge in [0.1, 0.15) is 0 Å². The number of carbonyl (C=O) groups excluding carboxylic acids is 2. The monoisotopic (exact) mass is 317 g/mol. The first-order valence-electron chi connectivity index (χ1n) is 8.34. The molecular formula is C18H27N3O2. The Balaban J connectivity index is 2.01. The molecule has 23 heavy (non-hydrogen) atoms. The smallest absolute Gasteiger partial charge is 0.253 e. The summed E-state index contributed by atoms with van der Waals surface area (Å²) in [6.45, 7) is 7.21. The Morgan fingerprint density at radius 1 is 1.22 bits per heavy atom. The van der Waals surface area contributed by atoms with Crippen LogP contribution >= 0.6 is 0 Å². The van der Waals surface area contributed by atoms with Gasteiger partial charge in [-0.3, -0.25) is 9.59 Å². The average Bonchev–Trinajstić information content (AvgIpc) is 2.55. The number of likely N-dealkylation sites (tertiary alicyclic amines) is 1. The van der Waals surface area contributed by atoms with Crippen molar-refractivity contribution in [2.24, 2.45) is 17.6 Å². The first-order valence-corrected chi connectivity index (χ1v) is 8.34. The molecule has 0 radical (unpaired) electrons. The van der Waals surface area contributed by atoms with E-state index in [-0.39, 0.29) is 23.8 Å². The van der Waals surface area contributed by atoms with Crippen molar-refractivity contribution < 1.29 is 9.59 Å². The lowest BCUT2D eigenvalue weighted by atomic mass is 9.92. The first-order chi connectivity index (χ1) is 10.9. The minimum atomic E-state index is -0.0696. The van der Waals surface area contributed by atoms with Gasteiger partial charge in [0.15, 0.2) is 0 Å². The number of carbonyl (C=O) groups is 2. The number of hydrogen-bond donors (Lipinski definition) is 2. The Bertz CT molecular complexity index is 552. The molecule has 5 heteroatoms. The second-order valence-corrected chi connectivity index (χ2v) is 6.73. The van der Waals surface area contributed by atoms with Crippen molar-refractivity contribution in [3.63, 3.8) is 0 Å². The van der Waals surface area contributed by atoms with E-state index in [0.29, 0.717) is 17.2 Å². The normalized spacial score (nSPS) is 19.5. The van der Waals surface area contributed by atoms with Gasteiger partial charge in [0, 0.05) is 36.3 Å². The van der Waals surface area contributed by atoms with E-state index in [1.54, 1.807) is 24.3 Å². The van der Waals surface area contributed by atoms with Crippen LogP contribution in [-0.4, -0.2) is 35.8 Å². The maximum atomic E-state index is 12.6. The number of nitrogens with two attached hydrogens (primary N) is 1. The van der Waals surface area contributed by atoms with Crippen molar-refractivity contribution in [2.45, 2.75) is 39.7 Å². The molecule has 1 aromatic rings. The Kier molecular flexibility index (Phi) is 5.77. The molecule has 1 aliphatic heterocycles. The van der Waals surface area contributed by atoms with Crippen LogP contribution in [0, 0.1) is 11.8 Å². The summed E-state index contributed by atoms with van der Waals surface area (Å²) < 4.78 is 0. The average molecular weight is 317 g/mol. The summed E-state index contributed by atoms with van der Waals surface area (Å²) in [5, 5.41) is 2.83. The minimum absolute atomic E-state index is 0.0279. The molecule has 5 nitrogen and oxygen atoms in total. The van der Waals surface area contributed by atoms with Crippen molar-refractivity contribution in [3.8, 4) is 0 Å². The molecule has 1 aromatic carbocycles. The van der Waals surface area contributed by atoms with Crippen LogP contribution in [-0.2, 0) is 4.79 Å². The van der Waals surface area contributed by atoms with Crippen LogP contribution in [0.25, 0.3) is 0 Å². The van der Waals surface area contributed by atoms with Crippen molar-refractivity contribution in [2.75, 3.05) is 18.4 Å². The van der Waals surface area contributed by atoms with Crippen LogP contribution in [0.1, 0.15) is 44.0 Å². The van der Waals surface area contributed by atoms with Crippen molar-refractivity contribution in [3.05, 3.63) is 29.8 Å². The number of rotatable bonds is 4. The zero-order valence-electron chi connectivity index (χ0n) is 14.2. The van der Waals surface area contributed by atoms with E-state index >= 15 is 0 Å².